The van der Waals surface area contributed by atoms with E-state index in [2.05, 4.69) is 4.98 Å². The van der Waals surface area contributed by atoms with Gasteiger partial charge in [0.2, 0.25) is 0 Å². The number of ether oxygens (including phenoxy) is 1. The maximum atomic E-state index is 11.2. The number of halogens is 1. The van der Waals surface area contributed by atoms with Gasteiger partial charge in [-0.05, 0) is 23.7 Å². The molecule has 0 atom stereocenters. The van der Waals surface area contributed by atoms with Crippen LogP contribution in [-0.4, -0.2) is 16.2 Å². The van der Waals surface area contributed by atoms with E-state index in [1.165, 1.54) is 6.92 Å². The fourth-order valence-corrected chi connectivity index (χ4v) is 1.61. The number of benzene rings is 1. The molecule has 0 amide bonds. The van der Waals surface area contributed by atoms with E-state index in [9.17, 15) is 9.59 Å². The minimum Gasteiger partial charge on any atom is -0.424 e. The van der Waals surface area contributed by atoms with Crippen LogP contribution >= 0.6 is 11.6 Å². The van der Waals surface area contributed by atoms with Crippen LogP contribution in [0.25, 0.3) is 10.9 Å². The van der Waals surface area contributed by atoms with Gasteiger partial charge in [0.15, 0.2) is 11.4 Å². The van der Waals surface area contributed by atoms with E-state index < -0.39 is 11.2 Å². The molecule has 0 radical (unpaired) electrons. The third-order valence-corrected chi connectivity index (χ3v) is 2.31. The molecule has 4 nitrogen and oxygen atoms in total. The number of carbonyl (C=O) groups excluding carboxylic acids is 2. The molecule has 17 heavy (non-hydrogen) atoms. The van der Waals surface area contributed by atoms with Crippen molar-refractivity contribution in [3.8, 4) is 5.75 Å². The summed E-state index contributed by atoms with van der Waals surface area (Å²) in [7, 11) is 0. The number of para-hydroxylation sites is 1. The lowest BCUT2D eigenvalue weighted by Crippen LogP contribution is -2.07. The molecule has 0 aliphatic carbocycles. The molecule has 0 spiro atoms. The molecule has 0 aliphatic heterocycles. The molecule has 0 aliphatic rings. The van der Waals surface area contributed by atoms with Crippen LogP contribution in [-0.2, 0) is 4.79 Å². The van der Waals surface area contributed by atoms with Crippen molar-refractivity contribution in [1.82, 2.24) is 4.98 Å². The molecule has 0 N–H and O–H groups in total. The summed E-state index contributed by atoms with van der Waals surface area (Å²) in [5.74, 6) is -0.447. The smallest absolute Gasteiger partial charge is 0.308 e. The summed E-state index contributed by atoms with van der Waals surface area (Å²) in [6.07, 6.45) is 0. The van der Waals surface area contributed by atoms with Gasteiger partial charge in [-0.1, -0.05) is 18.2 Å². The van der Waals surface area contributed by atoms with Gasteiger partial charge in [-0.2, -0.15) is 0 Å². The predicted molar refractivity (Wildman–Crippen MR) is 63.2 cm³/mol. The van der Waals surface area contributed by atoms with Crippen LogP contribution in [0.3, 0.4) is 0 Å². The van der Waals surface area contributed by atoms with E-state index in [4.69, 9.17) is 16.3 Å². The van der Waals surface area contributed by atoms with Crippen molar-refractivity contribution < 1.29 is 14.3 Å². The largest absolute Gasteiger partial charge is 0.424 e. The second-order valence-electron chi connectivity index (χ2n) is 3.40. The highest BCUT2D eigenvalue weighted by Gasteiger charge is 2.15. The van der Waals surface area contributed by atoms with Crippen LogP contribution in [0.1, 0.15) is 17.4 Å². The summed E-state index contributed by atoms with van der Waals surface area (Å²) < 4.78 is 4.91. The quantitative estimate of drug-likeness (QED) is 0.606. The molecule has 1 heterocycles. The third-order valence-electron chi connectivity index (χ3n) is 2.13. The van der Waals surface area contributed by atoms with Gasteiger partial charge >= 0.3 is 5.97 Å². The van der Waals surface area contributed by atoms with Crippen molar-refractivity contribution >= 4 is 33.7 Å². The Morgan fingerprint density at radius 1 is 1.29 bits per heavy atom. The maximum absolute atomic E-state index is 11.2. The summed E-state index contributed by atoms with van der Waals surface area (Å²) in [6, 6.07) is 8.74. The fraction of sp³-hybridized carbons (Fsp3) is 0.0833. The molecule has 0 saturated carbocycles. The van der Waals surface area contributed by atoms with Gasteiger partial charge in [0, 0.05) is 12.3 Å². The summed E-state index contributed by atoms with van der Waals surface area (Å²) in [5, 5.41) is 0.0115. The van der Waals surface area contributed by atoms with Crippen LogP contribution in [0, 0.1) is 0 Å². The Balaban J connectivity index is 2.66. The fourth-order valence-electron chi connectivity index (χ4n) is 1.47. The highest BCUT2D eigenvalue weighted by Crippen LogP contribution is 2.24. The van der Waals surface area contributed by atoms with Crippen molar-refractivity contribution in [3.63, 3.8) is 0 Å². The zero-order chi connectivity index (χ0) is 12.4. The van der Waals surface area contributed by atoms with E-state index in [1.54, 1.807) is 24.3 Å². The van der Waals surface area contributed by atoms with Crippen molar-refractivity contribution in [1.29, 1.82) is 0 Å². The van der Waals surface area contributed by atoms with Crippen molar-refractivity contribution in [2.24, 2.45) is 0 Å². The first-order valence-corrected chi connectivity index (χ1v) is 5.24. The molecule has 5 heteroatoms. The van der Waals surface area contributed by atoms with E-state index in [-0.39, 0.29) is 11.4 Å². The molecular formula is C12H8ClNO3. The monoisotopic (exact) mass is 249 g/mol. The molecular weight excluding hydrogens is 242 g/mol. The summed E-state index contributed by atoms with van der Waals surface area (Å²) in [4.78, 5) is 26.2. The number of hydrogen-bond donors (Lipinski definition) is 0. The minimum atomic E-state index is -0.757. The Morgan fingerprint density at radius 2 is 2.00 bits per heavy atom. The third kappa shape index (κ3) is 2.42. The summed E-state index contributed by atoms with van der Waals surface area (Å²) in [5.41, 5.74) is 0.563. The van der Waals surface area contributed by atoms with E-state index in [0.717, 1.165) is 5.39 Å². The highest BCUT2D eigenvalue weighted by molar-refractivity contribution is 6.67. The van der Waals surface area contributed by atoms with E-state index >= 15 is 0 Å². The number of carbonyl (C=O) groups is 2. The van der Waals surface area contributed by atoms with Crippen molar-refractivity contribution in [3.05, 3.63) is 36.0 Å². The Labute approximate surface area is 102 Å². The lowest BCUT2D eigenvalue weighted by Gasteiger charge is -2.06. The number of rotatable bonds is 2. The van der Waals surface area contributed by atoms with Crippen molar-refractivity contribution in [2.45, 2.75) is 6.92 Å². The van der Waals surface area contributed by atoms with Crippen LogP contribution in [0.2, 0.25) is 0 Å². The number of nitrogens with zero attached hydrogens (tertiary/aromatic N) is 1. The first-order chi connectivity index (χ1) is 8.08. The molecule has 0 fully saturated rings. The maximum Gasteiger partial charge on any atom is 0.308 e. The van der Waals surface area contributed by atoms with Gasteiger partial charge in [0.05, 0.1) is 5.52 Å². The second-order valence-corrected chi connectivity index (χ2v) is 3.74. The number of esters is 1. The standard InChI is InChI=1S/C12H8ClNO3/c1-7(15)17-10-6-8-4-2-3-5-9(8)14-11(10)12(13)16/h2-6H,1H3. The Hall–Kier alpha value is -1.94. The van der Waals surface area contributed by atoms with Gasteiger partial charge in [0.1, 0.15) is 0 Å². The highest BCUT2D eigenvalue weighted by atomic mass is 35.5. The zero-order valence-electron chi connectivity index (χ0n) is 8.94. The first-order valence-electron chi connectivity index (χ1n) is 4.86. The first kappa shape index (κ1) is 11.5. The van der Waals surface area contributed by atoms with E-state index in [1.807, 2.05) is 6.07 Å². The Kier molecular flexibility index (Phi) is 3.06. The number of aromatic nitrogens is 1. The Bertz CT molecular complexity index is 610. The molecule has 0 unspecified atom stereocenters. The number of fused-ring (bicyclic) bond motifs is 1. The second kappa shape index (κ2) is 4.51. The van der Waals surface area contributed by atoms with Crippen LogP contribution in [0.4, 0.5) is 0 Å². The molecule has 1 aromatic heterocycles. The number of hydrogen-bond acceptors (Lipinski definition) is 4. The summed E-state index contributed by atoms with van der Waals surface area (Å²) >= 11 is 5.40. The SMILES string of the molecule is CC(=O)Oc1cc2ccccc2nc1C(=O)Cl. The molecule has 0 saturated heterocycles. The zero-order valence-corrected chi connectivity index (χ0v) is 9.69. The van der Waals surface area contributed by atoms with Gasteiger partial charge in [-0.15, -0.1) is 0 Å². The Morgan fingerprint density at radius 3 is 2.65 bits per heavy atom. The predicted octanol–water partition coefficient (Wildman–Crippen LogP) is 2.54. The van der Waals surface area contributed by atoms with Crippen molar-refractivity contribution in [2.75, 3.05) is 0 Å². The van der Waals surface area contributed by atoms with Crippen LogP contribution in [0.15, 0.2) is 30.3 Å². The van der Waals surface area contributed by atoms with Gasteiger partial charge < -0.3 is 4.74 Å². The molecule has 2 aromatic rings. The average Bonchev–Trinajstić information content (AvgIpc) is 2.27. The molecule has 2 rings (SSSR count). The number of pyridine rings is 1. The van der Waals surface area contributed by atoms with Gasteiger partial charge in [-0.25, -0.2) is 4.98 Å². The van der Waals surface area contributed by atoms with E-state index in [0.29, 0.717) is 5.52 Å². The van der Waals surface area contributed by atoms with Crippen LogP contribution in [0.5, 0.6) is 5.75 Å². The molecule has 0 bridgehead atoms. The summed E-state index contributed by atoms with van der Waals surface area (Å²) in [6.45, 7) is 1.25. The minimum absolute atomic E-state index is 0.0550. The normalized spacial score (nSPS) is 10.2. The average molecular weight is 250 g/mol. The van der Waals surface area contributed by atoms with Crippen LogP contribution < -0.4 is 4.74 Å². The van der Waals surface area contributed by atoms with Gasteiger partial charge in [0.25, 0.3) is 5.24 Å². The topological polar surface area (TPSA) is 56.3 Å². The lowest BCUT2D eigenvalue weighted by molar-refractivity contribution is -0.131. The lowest BCUT2D eigenvalue weighted by atomic mass is 10.2. The van der Waals surface area contributed by atoms with Gasteiger partial charge in [-0.3, -0.25) is 9.59 Å². The molecule has 1 aromatic carbocycles. The molecule has 86 valence electrons.